The molecule has 0 spiro atoms. The summed E-state index contributed by atoms with van der Waals surface area (Å²) in [6.45, 7) is 9.63. The molecule has 2 rings (SSSR count). The fourth-order valence-electron chi connectivity index (χ4n) is 2.69. The highest BCUT2D eigenvalue weighted by Crippen LogP contribution is 2.24. The van der Waals surface area contributed by atoms with E-state index in [-0.39, 0.29) is 12.0 Å². The van der Waals surface area contributed by atoms with E-state index in [1.54, 1.807) is 11.1 Å². The monoisotopic (exact) mass is 309 g/mol. The lowest BCUT2D eigenvalue weighted by Crippen LogP contribution is -2.36. The molecule has 1 amide bonds. The van der Waals surface area contributed by atoms with Crippen molar-refractivity contribution in [3.05, 3.63) is 18.0 Å². The summed E-state index contributed by atoms with van der Waals surface area (Å²) >= 11 is 0. The van der Waals surface area contributed by atoms with Crippen LogP contribution in [0, 0.1) is 5.92 Å². The second-order valence-corrected chi connectivity index (χ2v) is 6.95. The fourth-order valence-corrected chi connectivity index (χ4v) is 2.69. The summed E-state index contributed by atoms with van der Waals surface area (Å²) in [5.74, 6) is 0.0949. The molecule has 2 unspecified atom stereocenters. The van der Waals surface area contributed by atoms with Crippen molar-refractivity contribution in [2.24, 2.45) is 5.92 Å². The predicted octanol–water partition coefficient (Wildman–Crippen LogP) is 2.06. The van der Waals surface area contributed by atoms with Gasteiger partial charge in [-0.05, 0) is 39.7 Å². The molecule has 0 bridgehead atoms. The van der Waals surface area contributed by atoms with Crippen LogP contribution in [0.1, 0.15) is 39.7 Å². The minimum absolute atomic E-state index is 0.0949. The van der Waals surface area contributed by atoms with Crippen LogP contribution in [0.3, 0.4) is 0 Å². The number of amides is 1. The van der Waals surface area contributed by atoms with E-state index in [0.717, 1.165) is 18.5 Å². The van der Waals surface area contributed by atoms with Crippen LogP contribution in [0.4, 0.5) is 4.79 Å². The third-order valence-corrected chi connectivity index (χ3v) is 3.88. The average Bonchev–Trinajstić information content (AvgIpc) is 3.05. The molecule has 124 valence electrons. The van der Waals surface area contributed by atoms with Gasteiger partial charge in [0.1, 0.15) is 5.60 Å². The molecule has 22 heavy (non-hydrogen) atoms. The number of rotatable bonds is 4. The first-order valence-electron chi connectivity index (χ1n) is 7.96. The van der Waals surface area contributed by atoms with Crippen molar-refractivity contribution in [2.75, 3.05) is 13.1 Å². The molecule has 1 saturated heterocycles. The molecule has 0 radical (unpaired) electrons. The molecule has 0 aromatic carbocycles. The Morgan fingerprint density at radius 1 is 1.55 bits per heavy atom. The standard InChI is InChI=1S/C16H27N3O3/c1-5-19-10-12(9-17-19)8-14(20)13-6-7-18(11-13)15(21)22-16(2,3)4/h9-10,13-14,20H,5-8,11H2,1-4H3. The number of hydrogen-bond acceptors (Lipinski definition) is 4. The van der Waals surface area contributed by atoms with Gasteiger partial charge in [-0.3, -0.25) is 4.68 Å². The molecule has 1 aliphatic rings. The maximum atomic E-state index is 12.0. The van der Waals surface area contributed by atoms with Crippen LogP contribution in [0.2, 0.25) is 0 Å². The molecule has 0 aliphatic carbocycles. The minimum atomic E-state index is -0.484. The van der Waals surface area contributed by atoms with Crippen molar-refractivity contribution in [1.29, 1.82) is 0 Å². The second kappa shape index (κ2) is 6.69. The first-order valence-corrected chi connectivity index (χ1v) is 7.96. The molecule has 6 nitrogen and oxygen atoms in total. The molecule has 0 saturated carbocycles. The number of ether oxygens (including phenoxy) is 1. The van der Waals surface area contributed by atoms with Gasteiger partial charge in [0.2, 0.25) is 0 Å². The number of aliphatic hydroxyl groups is 1. The van der Waals surface area contributed by atoms with Crippen LogP contribution in [-0.4, -0.2) is 50.7 Å². The molecule has 1 aromatic heterocycles. The third kappa shape index (κ3) is 4.47. The van der Waals surface area contributed by atoms with Crippen LogP contribution in [-0.2, 0) is 17.7 Å². The lowest BCUT2D eigenvalue weighted by Gasteiger charge is -2.25. The molecule has 6 heteroatoms. The van der Waals surface area contributed by atoms with E-state index in [0.29, 0.717) is 19.5 Å². The average molecular weight is 309 g/mol. The van der Waals surface area contributed by atoms with E-state index in [1.165, 1.54) is 0 Å². The van der Waals surface area contributed by atoms with Gasteiger partial charge in [-0.25, -0.2) is 4.79 Å². The van der Waals surface area contributed by atoms with Crippen LogP contribution in [0.5, 0.6) is 0 Å². The zero-order chi connectivity index (χ0) is 16.3. The number of hydrogen-bond donors (Lipinski definition) is 1. The molecular formula is C16H27N3O3. The van der Waals surface area contributed by atoms with Gasteiger partial charge in [0.15, 0.2) is 0 Å². The van der Waals surface area contributed by atoms with Gasteiger partial charge < -0.3 is 14.7 Å². The summed E-state index contributed by atoms with van der Waals surface area (Å²) in [5.41, 5.74) is 0.549. The number of likely N-dealkylation sites (tertiary alicyclic amines) is 1. The Hall–Kier alpha value is -1.56. The highest BCUT2D eigenvalue weighted by atomic mass is 16.6. The number of aliphatic hydroxyl groups excluding tert-OH is 1. The number of aromatic nitrogens is 2. The molecule has 1 aromatic rings. The third-order valence-electron chi connectivity index (χ3n) is 3.88. The highest BCUT2D eigenvalue weighted by molar-refractivity contribution is 5.68. The highest BCUT2D eigenvalue weighted by Gasteiger charge is 2.33. The fraction of sp³-hybridized carbons (Fsp3) is 0.750. The Kier molecular flexibility index (Phi) is 5.11. The summed E-state index contributed by atoms with van der Waals surface area (Å²) < 4.78 is 7.23. The van der Waals surface area contributed by atoms with E-state index in [4.69, 9.17) is 4.74 Å². The van der Waals surface area contributed by atoms with Crippen LogP contribution < -0.4 is 0 Å². The second-order valence-electron chi connectivity index (χ2n) is 6.95. The number of aryl methyl sites for hydroxylation is 1. The molecule has 1 aliphatic heterocycles. The van der Waals surface area contributed by atoms with Crippen molar-refractivity contribution in [2.45, 2.75) is 58.8 Å². The van der Waals surface area contributed by atoms with Crippen molar-refractivity contribution >= 4 is 6.09 Å². The molecule has 1 N–H and O–H groups in total. The topological polar surface area (TPSA) is 67.6 Å². The predicted molar refractivity (Wildman–Crippen MR) is 83.5 cm³/mol. The molecule has 2 heterocycles. The maximum absolute atomic E-state index is 12.0. The zero-order valence-electron chi connectivity index (χ0n) is 14.0. The molecular weight excluding hydrogens is 282 g/mol. The quantitative estimate of drug-likeness (QED) is 0.924. The Balaban J connectivity index is 1.85. The zero-order valence-corrected chi connectivity index (χ0v) is 14.0. The van der Waals surface area contributed by atoms with Crippen molar-refractivity contribution in [3.8, 4) is 0 Å². The SMILES string of the molecule is CCn1cc(CC(O)C2CCN(C(=O)OC(C)(C)C)C2)cn1. The van der Waals surface area contributed by atoms with Crippen molar-refractivity contribution in [1.82, 2.24) is 14.7 Å². The van der Waals surface area contributed by atoms with E-state index in [1.807, 2.05) is 38.6 Å². The smallest absolute Gasteiger partial charge is 0.410 e. The number of carbonyl (C=O) groups is 1. The van der Waals surface area contributed by atoms with Crippen LogP contribution >= 0.6 is 0 Å². The van der Waals surface area contributed by atoms with E-state index in [2.05, 4.69) is 5.10 Å². The minimum Gasteiger partial charge on any atom is -0.444 e. The van der Waals surface area contributed by atoms with Gasteiger partial charge in [-0.1, -0.05) is 0 Å². The van der Waals surface area contributed by atoms with Crippen molar-refractivity contribution in [3.63, 3.8) is 0 Å². The van der Waals surface area contributed by atoms with E-state index in [9.17, 15) is 9.90 Å². The summed E-state index contributed by atoms with van der Waals surface area (Å²) in [7, 11) is 0. The summed E-state index contributed by atoms with van der Waals surface area (Å²) in [6, 6.07) is 0. The van der Waals surface area contributed by atoms with E-state index >= 15 is 0 Å². The number of carbonyl (C=O) groups excluding carboxylic acids is 1. The van der Waals surface area contributed by atoms with Crippen LogP contribution in [0.25, 0.3) is 0 Å². The Morgan fingerprint density at radius 3 is 2.86 bits per heavy atom. The Morgan fingerprint density at radius 2 is 2.27 bits per heavy atom. The van der Waals surface area contributed by atoms with Crippen molar-refractivity contribution < 1.29 is 14.6 Å². The summed E-state index contributed by atoms with van der Waals surface area (Å²) in [5, 5.41) is 14.6. The van der Waals surface area contributed by atoms with Gasteiger partial charge in [-0.15, -0.1) is 0 Å². The van der Waals surface area contributed by atoms with Gasteiger partial charge >= 0.3 is 6.09 Å². The van der Waals surface area contributed by atoms with E-state index < -0.39 is 11.7 Å². The lowest BCUT2D eigenvalue weighted by atomic mass is 9.97. The summed E-state index contributed by atoms with van der Waals surface area (Å²) in [4.78, 5) is 13.7. The van der Waals surface area contributed by atoms with Gasteiger partial charge in [0.25, 0.3) is 0 Å². The van der Waals surface area contributed by atoms with Gasteiger partial charge in [-0.2, -0.15) is 5.10 Å². The largest absolute Gasteiger partial charge is 0.444 e. The normalized spacial score (nSPS) is 20.2. The first kappa shape index (κ1) is 16.8. The molecule has 1 fully saturated rings. The van der Waals surface area contributed by atoms with Gasteiger partial charge in [0.05, 0.1) is 12.3 Å². The van der Waals surface area contributed by atoms with Crippen LogP contribution in [0.15, 0.2) is 12.4 Å². The number of nitrogens with zero attached hydrogens (tertiary/aromatic N) is 3. The Labute approximate surface area is 132 Å². The Bertz CT molecular complexity index is 507. The summed E-state index contributed by atoms with van der Waals surface area (Å²) in [6.07, 6.45) is 4.40. The maximum Gasteiger partial charge on any atom is 0.410 e. The molecule has 2 atom stereocenters. The first-order chi connectivity index (χ1) is 10.3. The van der Waals surface area contributed by atoms with Gasteiger partial charge in [0, 0.05) is 38.2 Å². The lowest BCUT2D eigenvalue weighted by molar-refractivity contribution is 0.0269.